The summed E-state index contributed by atoms with van der Waals surface area (Å²) in [6.45, 7) is -1.67. The Morgan fingerprint density at radius 2 is 1.81 bits per heavy atom. The Morgan fingerprint density at radius 1 is 1.12 bits per heavy atom. The molecule has 2 aromatic carbocycles. The number of rotatable bonds is 6. The molecule has 0 saturated heterocycles. The number of hydrogen-bond donors (Lipinski definition) is 1. The first kappa shape index (κ1) is 19.9. The molecule has 0 spiro atoms. The third-order valence-electron chi connectivity index (χ3n) is 3.16. The van der Waals surface area contributed by atoms with E-state index in [1.165, 1.54) is 31.2 Å². The molecule has 5 nitrogen and oxygen atoms in total. The molecule has 1 atom stereocenters. The van der Waals surface area contributed by atoms with Crippen molar-refractivity contribution in [2.45, 2.75) is 19.6 Å². The highest BCUT2D eigenvalue weighted by molar-refractivity contribution is 6.44. The minimum absolute atomic E-state index is 0.0383. The number of hydrogen-bond acceptors (Lipinski definition) is 4. The Bertz CT molecular complexity index is 817. The topological polar surface area (TPSA) is 64.6 Å². The molecule has 2 aromatic rings. The van der Waals surface area contributed by atoms with Gasteiger partial charge in [-0.05, 0) is 37.3 Å². The number of amides is 1. The summed E-state index contributed by atoms with van der Waals surface area (Å²) < 4.78 is 33.7. The minimum atomic E-state index is -3.02. The van der Waals surface area contributed by atoms with Crippen molar-refractivity contribution in [2.24, 2.45) is 0 Å². The maximum Gasteiger partial charge on any atom is 0.387 e. The molecule has 9 heteroatoms. The molecule has 0 aliphatic heterocycles. The molecule has 26 heavy (non-hydrogen) atoms. The average molecular weight is 404 g/mol. The van der Waals surface area contributed by atoms with E-state index in [2.05, 4.69) is 10.1 Å². The number of carbonyl (C=O) groups is 2. The zero-order valence-electron chi connectivity index (χ0n) is 13.3. The summed E-state index contributed by atoms with van der Waals surface area (Å²) in [5.74, 6) is -1.70. The van der Waals surface area contributed by atoms with Crippen LogP contribution in [0.1, 0.15) is 17.3 Å². The molecule has 2 rings (SSSR count). The monoisotopic (exact) mass is 403 g/mol. The van der Waals surface area contributed by atoms with Crippen LogP contribution in [0.3, 0.4) is 0 Å². The largest absolute Gasteiger partial charge is 0.449 e. The Labute approximate surface area is 157 Å². The van der Waals surface area contributed by atoms with Crippen LogP contribution in [0.25, 0.3) is 0 Å². The van der Waals surface area contributed by atoms with Gasteiger partial charge in [-0.2, -0.15) is 8.78 Å². The summed E-state index contributed by atoms with van der Waals surface area (Å²) in [7, 11) is 0. The highest BCUT2D eigenvalue weighted by Crippen LogP contribution is 2.29. The molecule has 0 unspecified atom stereocenters. The van der Waals surface area contributed by atoms with Crippen LogP contribution < -0.4 is 10.1 Å². The van der Waals surface area contributed by atoms with Crippen LogP contribution in [0.5, 0.6) is 5.75 Å². The number of esters is 1. The van der Waals surface area contributed by atoms with Crippen LogP contribution >= 0.6 is 23.2 Å². The van der Waals surface area contributed by atoms with Gasteiger partial charge in [0.05, 0.1) is 21.3 Å². The zero-order valence-corrected chi connectivity index (χ0v) is 14.9. The number of ether oxygens (including phenoxy) is 2. The van der Waals surface area contributed by atoms with Gasteiger partial charge in [-0.25, -0.2) is 4.79 Å². The van der Waals surface area contributed by atoms with Crippen LogP contribution in [-0.4, -0.2) is 24.6 Å². The number of benzene rings is 2. The first-order valence-corrected chi connectivity index (χ1v) is 8.04. The van der Waals surface area contributed by atoms with Crippen LogP contribution in [0, 0.1) is 0 Å². The molecule has 0 aliphatic rings. The molecule has 0 bridgehead atoms. The number of halogens is 4. The molecular weight excluding hydrogens is 391 g/mol. The van der Waals surface area contributed by atoms with Crippen molar-refractivity contribution in [3.63, 3.8) is 0 Å². The number of carbonyl (C=O) groups excluding carboxylic acids is 2. The van der Waals surface area contributed by atoms with Crippen molar-refractivity contribution in [3.05, 3.63) is 58.1 Å². The summed E-state index contributed by atoms with van der Waals surface area (Å²) >= 11 is 11.8. The summed E-state index contributed by atoms with van der Waals surface area (Å²) in [5.41, 5.74) is 0.225. The first-order valence-electron chi connectivity index (χ1n) is 7.28. The number of anilines is 1. The van der Waals surface area contributed by atoms with Gasteiger partial charge in [-0.1, -0.05) is 35.3 Å². The second-order valence-corrected chi connectivity index (χ2v) is 5.83. The quantitative estimate of drug-likeness (QED) is 0.704. The lowest BCUT2D eigenvalue weighted by atomic mass is 10.2. The highest BCUT2D eigenvalue weighted by Gasteiger charge is 2.20. The lowest BCUT2D eigenvalue weighted by Crippen LogP contribution is -2.30. The van der Waals surface area contributed by atoms with Crippen molar-refractivity contribution in [2.75, 3.05) is 5.32 Å². The summed E-state index contributed by atoms with van der Waals surface area (Å²) in [6, 6.07) is 9.73. The maximum absolute atomic E-state index is 12.2. The Kier molecular flexibility index (Phi) is 6.76. The standard InChI is InChI=1S/C17H13Cl2F2NO4/c1-9(15(23)22-13-7-3-6-12(18)14(13)19)25-16(24)10-4-2-5-11(8-10)26-17(20)21/h2-9,17H,1H3,(H,22,23)/t9-/m1/s1. The van der Waals surface area contributed by atoms with Gasteiger partial charge in [0.2, 0.25) is 0 Å². The predicted octanol–water partition coefficient (Wildman–Crippen LogP) is 4.78. The van der Waals surface area contributed by atoms with Gasteiger partial charge in [0, 0.05) is 0 Å². The molecule has 0 fully saturated rings. The second kappa shape index (κ2) is 8.82. The van der Waals surface area contributed by atoms with E-state index in [1.54, 1.807) is 12.1 Å². The maximum atomic E-state index is 12.2. The fourth-order valence-electron chi connectivity index (χ4n) is 1.92. The van der Waals surface area contributed by atoms with Gasteiger partial charge in [-0.15, -0.1) is 0 Å². The van der Waals surface area contributed by atoms with Crippen LogP contribution in [0.15, 0.2) is 42.5 Å². The minimum Gasteiger partial charge on any atom is -0.449 e. The van der Waals surface area contributed by atoms with Gasteiger partial charge < -0.3 is 14.8 Å². The third-order valence-corrected chi connectivity index (χ3v) is 3.98. The van der Waals surface area contributed by atoms with Gasteiger partial charge in [0.15, 0.2) is 6.10 Å². The molecule has 1 amide bonds. The number of nitrogens with one attached hydrogen (secondary N) is 1. The van der Waals surface area contributed by atoms with E-state index >= 15 is 0 Å². The van der Waals surface area contributed by atoms with E-state index in [0.29, 0.717) is 0 Å². The molecule has 0 heterocycles. The van der Waals surface area contributed by atoms with Crippen molar-refractivity contribution in [1.29, 1.82) is 0 Å². The van der Waals surface area contributed by atoms with E-state index in [1.807, 2.05) is 0 Å². The number of alkyl halides is 2. The SMILES string of the molecule is C[C@@H](OC(=O)c1cccc(OC(F)F)c1)C(=O)Nc1cccc(Cl)c1Cl. The van der Waals surface area contributed by atoms with Crippen molar-refractivity contribution in [1.82, 2.24) is 0 Å². The van der Waals surface area contributed by atoms with E-state index in [9.17, 15) is 18.4 Å². The van der Waals surface area contributed by atoms with Crippen molar-refractivity contribution in [3.8, 4) is 5.75 Å². The van der Waals surface area contributed by atoms with Crippen molar-refractivity contribution >= 4 is 40.8 Å². The predicted molar refractivity (Wildman–Crippen MR) is 93.0 cm³/mol. The molecule has 0 aromatic heterocycles. The van der Waals surface area contributed by atoms with E-state index < -0.39 is 24.6 Å². The average Bonchev–Trinajstić information content (AvgIpc) is 2.58. The van der Waals surface area contributed by atoms with Gasteiger partial charge >= 0.3 is 12.6 Å². The zero-order chi connectivity index (χ0) is 19.3. The van der Waals surface area contributed by atoms with E-state index in [0.717, 1.165) is 6.07 Å². The Morgan fingerprint density at radius 3 is 2.50 bits per heavy atom. The van der Waals surface area contributed by atoms with Gasteiger partial charge in [0.1, 0.15) is 5.75 Å². The molecule has 0 saturated carbocycles. The second-order valence-electron chi connectivity index (χ2n) is 5.04. The fourth-order valence-corrected chi connectivity index (χ4v) is 2.26. The van der Waals surface area contributed by atoms with Crippen molar-refractivity contribution < 1.29 is 27.8 Å². The van der Waals surface area contributed by atoms with E-state index in [4.69, 9.17) is 27.9 Å². The smallest absolute Gasteiger partial charge is 0.387 e. The summed E-state index contributed by atoms with van der Waals surface area (Å²) in [6.07, 6.45) is -1.17. The highest BCUT2D eigenvalue weighted by atomic mass is 35.5. The molecule has 138 valence electrons. The molecular formula is C17H13Cl2F2NO4. The fraction of sp³-hybridized carbons (Fsp3) is 0.176. The Hall–Kier alpha value is -2.38. The van der Waals surface area contributed by atoms with E-state index in [-0.39, 0.29) is 27.0 Å². The van der Waals surface area contributed by atoms with Crippen LogP contribution in [0.2, 0.25) is 10.0 Å². The summed E-state index contributed by atoms with van der Waals surface area (Å²) in [4.78, 5) is 24.2. The third kappa shape index (κ3) is 5.31. The van der Waals surface area contributed by atoms with Gasteiger partial charge in [0.25, 0.3) is 5.91 Å². The first-order chi connectivity index (χ1) is 12.3. The normalized spacial score (nSPS) is 11.8. The molecule has 0 radical (unpaired) electrons. The lowest BCUT2D eigenvalue weighted by Gasteiger charge is -2.15. The molecule has 0 aliphatic carbocycles. The summed E-state index contributed by atoms with van der Waals surface area (Å²) in [5, 5.41) is 2.89. The Balaban J connectivity index is 2.02. The lowest BCUT2D eigenvalue weighted by molar-refractivity contribution is -0.123. The van der Waals surface area contributed by atoms with Crippen LogP contribution in [-0.2, 0) is 9.53 Å². The van der Waals surface area contributed by atoms with Crippen LogP contribution in [0.4, 0.5) is 14.5 Å². The molecule has 1 N–H and O–H groups in total. The van der Waals surface area contributed by atoms with Gasteiger partial charge in [-0.3, -0.25) is 4.79 Å².